The van der Waals surface area contributed by atoms with Crippen LogP contribution in [-0.2, 0) is 17.5 Å². The number of halogens is 1. The van der Waals surface area contributed by atoms with Crippen molar-refractivity contribution in [3.05, 3.63) is 113 Å². The molecule has 4 aromatic carbocycles. The summed E-state index contributed by atoms with van der Waals surface area (Å²) in [5.74, 6) is 0.246. The maximum absolute atomic E-state index is 13.2. The van der Waals surface area contributed by atoms with Crippen molar-refractivity contribution in [1.29, 1.82) is 0 Å². The molecule has 0 spiro atoms. The lowest BCUT2D eigenvalue weighted by atomic mass is 9.84. The molecule has 0 unspecified atom stereocenters. The number of hydrogen-bond acceptors (Lipinski definition) is 4. The Morgan fingerprint density at radius 2 is 1.57 bits per heavy atom. The van der Waals surface area contributed by atoms with Crippen molar-refractivity contribution in [2.75, 3.05) is 10.6 Å². The summed E-state index contributed by atoms with van der Waals surface area (Å²) in [5.41, 5.74) is 6.40. The van der Waals surface area contributed by atoms with Crippen LogP contribution in [0.5, 0.6) is 5.75 Å². The highest BCUT2D eigenvalue weighted by atomic mass is 35.5. The first-order valence-electron chi connectivity index (χ1n) is 14.1. The molecule has 0 aliphatic heterocycles. The molecule has 1 amide bonds. The summed E-state index contributed by atoms with van der Waals surface area (Å²) in [7, 11) is -4.70. The van der Waals surface area contributed by atoms with E-state index in [0.29, 0.717) is 28.7 Å². The van der Waals surface area contributed by atoms with Crippen LogP contribution >= 0.6 is 19.4 Å². The molecule has 0 bridgehead atoms. The Morgan fingerprint density at radius 3 is 2.26 bits per heavy atom. The standard InChI is InChI=1S/C33H34ClN2O5P/c34-29-16-13-26(14-17-29)25-11-9-24(10-12-25)22-35-32-18-15-27(20-28(32)19-23-5-2-1-3-6-23)33(37)36-30-7-4-8-31(21-30)41-42(38,39)40/h4,7-18,20-21,23,35H,1-3,5-6,19,22H2,(H,36,37)(H2,38,39,40). The molecule has 42 heavy (non-hydrogen) atoms. The minimum absolute atomic E-state index is 0.0279. The van der Waals surface area contributed by atoms with Crippen LogP contribution in [0.2, 0.25) is 5.02 Å². The second kappa shape index (κ2) is 13.6. The van der Waals surface area contributed by atoms with Crippen LogP contribution in [0.25, 0.3) is 11.1 Å². The Bertz CT molecular complexity index is 1560. The van der Waals surface area contributed by atoms with Crippen molar-refractivity contribution < 1.29 is 23.7 Å². The summed E-state index contributed by atoms with van der Waals surface area (Å²) < 4.78 is 15.8. The quantitative estimate of drug-likeness (QED) is 0.135. The molecule has 1 aliphatic rings. The van der Waals surface area contributed by atoms with Crippen LogP contribution in [0.3, 0.4) is 0 Å². The molecule has 7 nitrogen and oxygen atoms in total. The lowest BCUT2D eigenvalue weighted by Gasteiger charge is -2.23. The molecule has 0 saturated heterocycles. The molecular weight excluding hydrogens is 571 g/mol. The van der Waals surface area contributed by atoms with Gasteiger partial charge in [0.1, 0.15) is 5.75 Å². The minimum Gasteiger partial charge on any atom is -0.404 e. The zero-order chi connectivity index (χ0) is 29.5. The first kappa shape index (κ1) is 29.9. The van der Waals surface area contributed by atoms with Gasteiger partial charge >= 0.3 is 7.82 Å². The molecule has 0 radical (unpaired) electrons. The van der Waals surface area contributed by atoms with Gasteiger partial charge in [-0.1, -0.05) is 86.2 Å². The molecule has 4 N–H and O–H groups in total. The number of carbonyl (C=O) groups is 1. The average molecular weight is 605 g/mol. The van der Waals surface area contributed by atoms with E-state index in [0.717, 1.165) is 34.4 Å². The maximum atomic E-state index is 13.2. The Hall–Kier alpha value is -3.61. The molecule has 1 saturated carbocycles. The smallest absolute Gasteiger partial charge is 0.404 e. The molecular formula is C33H34ClN2O5P. The van der Waals surface area contributed by atoms with Gasteiger partial charge in [-0.2, -0.15) is 0 Å². The monoisotopic (exact) mass is 604 g/mol. The number of nitrogens with one attached hydrogen (secondary N) is 2. The largest absolute Gasteiger partial charge is 0.524 e. The molecule has 218 valence electrons. The first-order valence-corrected chi connectivity index (χ1v) is 16.0. The number of phosphoric ester groups is 1. The first-order chi connectivity index (χ1) is 20.2. The van der Waals surface area contributed by atoms with E-state index in [1.165, 1.54) is 44.2 Å². The van der Waals surface area contributed by atoms with E-state index < -0.39 is 7.82 Å². The van der Waals surface area contributed by atoms with Crippen LogP contribution in [0.15, 0.2) is 91.0 Å². The van der Waals surface area contributed by atoms with E-state index in [4.69, 9.17) is 21.4 Å². The molecule has 1 aliphatic carbocycles. The lowest BCUT2D eigenvalue weighted by molar-refractivity contribution is 0.102. The third kappa shape index (κ3) is 8.46. The van der Waals surface area contributed by atoms with Crippen LogP contribution in [0.4, 0.5) is 11.4 Å². The fraction of sp³-hybridized carbons (Fsp3) is 0.242. The van der Waals surface area contributed by atoms with Gasteiger partial charge in [0.25, 0.3) is 5.91 Å². The number of hydrogen-bond donors (Lipinski definition) is 4. The van der Waals surface area contributed by atoms with Crippen molar-refractivity contribution in [1.82, 2.24) is 0 Å². The second-order valence-electron chi connectivity index (χ2n) is 10.7. The van der Waals surface area contributed by atoms with Gasteiger partial charge < -0.3 is 15.2 Å². The maximum Gasteiger partial charge on any atom is 0.524 e. The van der Waals surface area contributed by atoms with Crippen LogP contribution < -0.4 is 15.2 Å². The summed E-state index contributed by atoms with van der Waals surface area (Å²) in [4.78, 5) is 31.4. The highest BCUT2D eigenvalue weighted by Crippen LogP contribution is 2.38. The fourth-order valence-corrected chi connectivity index (χ4v) is 5.92. The Balaban J connectivity index is 1.30. The van der Waals surface area contributed by atoms with Gasteiger partial charge in [-0.15, -0.1) is 0 Å². The van der Waals surface area contributed by atoms with E-state index >= 15 is 0 Å². The number of carbonyl (C=O) groups excluding carboxylic acids is 1. The average Bonchev–Trinajstić information content (AvgIpc) is 2.97. The third-order valence-corrected chi connectivity index (χ3v) is 8.23. The predicted octanol–water partition coefficient (Wildman–Crippen LogP) is 8.47. The van der Waals surface area contributed by atoms with Crippen LogP contribution in [0, 0.1) is 5.92 Å². The summed E-state index contributed by atoms with van der Waals surface area (Å²) in [5, 5.41) is 7.12. The van der Waals surface area contributed by atoms with Crippen molar-refractivity contribution >= 4 is 36.7 Å². The van der Waals surface area contributed by atoms with E-state index in [2.05, 4.69) is 39.4 Å². The second-order valence-corrected chi connectivity index (χ2v) is 12.3. The summed E-state index contributed by atoms with van der Waals surface area (Å²) in [6.45, 7) is 0.649. The molecule has 0 heterocycles. The molecule has 1 fully saturated rings. The normalized spacial score (nSPS) is 13.9. The highest BCUT2D eigenvalue weighted by molar-refractivity contribution is 7.46. The van der Waals surface area contributed by atoms with Crippen molar-refractivity contribution in [3.8, 4) is 16.9 Å². The highest BCUT2D eigenvalue weighted by Gasteiger charge is 2.19. The fourth-order valence-electron chi connectivity index (χ4n) is 5.40. The van der Waals surface area contributed by atoms with Gasteiger partial charge in [0, 0.05) is 34.6 Å². The van der Waals surface area contributed by atoms with Gasteiger partial charge in [-0.3, -0.25) is 14.6 Å². The summed E-state index contributed by atoms with van der Waals surface area (Å²) >= 11 is 6.03. The van der Waals surface area contributed by atoms with E-state index in [-0.39, 0.29) is 11.7 Å². The molecule has 0 atom stereocenters. The van der Waals surface area contributed by atoms with Crippen molar-refractivity contribution in [3.63, 3.8) is 0 Å². The van der Waals surface area contributed by atoms with Crippen LogP contribution in [0.1, 0.15) is 53.6 Å². The number of amides is 1. The molecule has 9 heteroatoms. The number of rotatable bonds is 10. The van der Waals surface area contributed by atoms with Gasteiger partial charge in [-0.05, 0) is 77.1 Å². The Kier molecular flexibility index (Phi) is 9.65. The number of phosphoric acid groups is 1. The van der Waals surface area contributed by atoms with Gasteiger partial charge in [0.05, 0.1) is 0 Å². The van der Waals surface area contributed by atoms with Crippen molar-refractivity contribution in [2.45, 2.75) is 45.1 Å². The zero-order valence-corrected chi connectivity index (χ0v) is 24.8. The summed E-state index contributed by atoms with van der Waals surface area (Å²) in [6, 6.07) is 28.0. The topological polar surface area (TPSA) is 108 Å². The lowest BCUT2D eigenvalue weighted by Crippen LogP contribution is -2.15. The van der Waals surface area contributed by atoms with Gasteiger partial charge in [0.2, 0.25) is 0 Å². The number of anilines is 2. The Labute approximate surface area is 251 Å². The van der Waals surface area contributed by atoms with Gasteiger partial charge in [-0.25, -0.2) is 4.57 Å². The van der Waals surface area contributed by atoms with Gasteiger partial charge in [0.15, 0.2) is 0 Å². The van der Waals surface area contributed by atoms with E-state index in [9.17, 15) is 9.36 Å². The van der Waals surface area contributed by atoms with Crippen LogP contribution in [-0.4, -0.2) is 15.7 Å². The number of benzene rings is 4. The van der Waals surface area contributed by atoms with E-state index in [1.54, 1.807) is 18.2 Å². The zero-order valence-electron chi connectivity index (χ0n) is 23.1. The Morgan fingerprint density at radius 1 is 0.881 bits per heavy atom. The minimum atomic E-state index is -4.70. The summed E-state index contributed by atoms with van der Waals surface area (Å²) in [6.07, 6.45) is 7.02. The third-order valence-electron chi connectivity index (χ3n) is 7.53. The van der Waals surface area contributed by atoms with Crippen molar-refractivity contribution in [2.24, 2.45) is 5.92 Å². The van der Waals surface area contributed by atoms with E-state index in [1.807, 2.05) is 36.4 Å². The predicted molar refractivity (Wildman–Crippen MR) is 168 cm³/mol. The molecule has 4 aromatic rings. The SMILES string of the molecule is O=C(Nc1cccc(OP(=O)(O)O)c1)c1ccc(NCc2ccc(-c3ccc(Cl)cc3)cc2)c(CC2CCCCC2)c1. The molecule has 0 aromatic heterocycles. The molecule has 5 rings (SSSR count).